The van der Waals surface area contributed by atoms with Gasteiger partial charge in [-0.1, -0.05) is 62.9 Å². The van der Waals surface area contributed by atoms with Crippen molar-refractivity contribution in [2.75, 3.05) is 7.05 Å². The molecule has 2 aromatic rings. The van der Waals surface area contributed by atoms with Crippen LogP contribution in [0, 0.1) is 13.8 Å². The van der Waals surface area contributed by atoms with E-state index in [1.54, 1.807) is 0 Å². The van der Waals surface area contributed by atoms with Crippen molar-refractivity contribution < 1.29 is 0 Å². The Balaban J connectivity index is 2.49. The molecule has 1 nitrogen and oxygen atoms in total. The summed E-state index contributed by atoms with van der Waals surface area (Å²) in [6.07, 6.45) is 0. The minimum atomic E-state index is 0.158. The first kappa shape index (κ1) is 14.6. The van der Waals surface area contributed by atoms with E-state index in [-0.39, 0.29) is 6.04 Å². The lowest BCUT2D eigenvalue weighted by molar-refractivity contribution is 0.688. The van der Waals surface area contributed by atoms with E-state index >= 15 is 0 Å². The molecule has 19 heavy (non-hydrogen) atoms. The van der Waals surface area contributed by atoms with Crippen LogP contribution in [0.5, 0.6) is 0 Å². The molecule has 2 aromatic carbocycles. The Labute approximate surface area is 128 Å². The quantitative estimate of drug-likeness (QED) is 0.828. The van der Waals surface area contributed by atoms with E-state index < -0.39 is 0 Å². The Morgan fingerprint density at radius 1 is 1.05 bits per heavy atom. The van der Waals surface area contributed by atoms with Crippen LogP contribution >= 0.6 is 27.5 Å². The molecule has 100 valence electrons. The molecule has 0 radical (unpaired) electrons. The van der Waals surface area contributed by atoms with Crippen LogP contribution in [0.4, 0.5) is 0 Å². The van der Waals surface area contributed by atoms with Crippen molar-refractivity contribution >= 4 is 27.5 Å². The van der Waals surface area contributed by atoms with Crippen LogP contribution in [0.1, 0.15) is 28.3 Å². The third kappa shape index (κ3) is 3.38. The van der Waals surface area contributed by atoms with Gasteiger partial charge in [0.2, 0.25) is 0 Å². The average Bonchev–Trinajstić information content (AvgIpc) is 2.31. The third-order valence-corrected chi connectivity index (χ3v) is 4.06. The van der Waals surface area contributed by atoms with Gasteiger partial charge < -0.3 is 5.32 Å². The zero-order valence-corrected chi connectivity index (χ0v) is 13.6. The molecule has 0 amide bonds. The summed E-state index contributed by atoms with van der Waals surface area (Å²) in [7, 11) is 1.98. The number of nitrogens with one attached hydrogen (secondary N) is 1. The predicted molar refractivity (Wildman–Crippen MR) is 86.0 cm³/mol. The lowest BCUT2D eigenvalue weighted by Gasteiger charge is -2.20. The van der Waals surface area contributed by atoms with Gasteiger partial charge in [-0.2, -0.15) is 0 Å². The molecule has 0 aliphatic carbocycles. The van der Waals surface area contributed by atoms with Gasteiger partial charge in [0.1, 0.15) is 0 Å². The molecule has 0 saturated heterocycles. The van der Waals surface area contributed by atoms with E-state index in [4.69, 9.17) is 11.6 Å². The van der Waals surface area contributed by atoms with Crippen molar-refractivity contribution in [3.63, 3.8) is 0 Å². The lowest BCUT2D eigenvalue weighted by atomic mass is 9.96. The number of hydrogen-bond donors (Lipinski definition) is 1. The summed E-state index contributed by atoms with van der Waals surface area (Å²) < 4.78 is 1.03. The molecular formula is C16H17BrClN. The maximum absolute atomic E-state index is 6.01. The minimum Gasteiger partial charge on any atom is -0.309 e. The van der Waals surface area contributed by atoms with Gasteiger partial charge in [0.15, 0.2) is 0 Å². The molecule has 0 aliphatic rings. The fraction of sp³-hybridized carbons (Fsp3) is 0.250. The molecule has 1 unspecified atom stereocenters. The molecule has 2 rings (SSSR count). The van der Waals surface area contributed by atoms with Crippen LogP contribution in [-0.2, 0) is 0 Å². The van der Waals surface area contributed by atoms with Crippen molar-refractivity contribution in [2.45, 2.75) is 19.9 Å². The first-order valence-corrected chi connectivity index (χ1v) is 7.39. The second kappa shape index (κ2) is 6.08. The van der Waals surface area contributed by atoms with Gasteiger partial charge in [-0.3, -0.25) is 0 Å². The number of halogens is 2. The van der Waals surface area contributed by atoms with Gasteiger partial charge in [-0.25, -0.2) is 0 Å². The minimum absolute atomic E-state index is 0.158. The Hall–Kier alpha value is -0.830. The second-order valence-corrected chi connectivity index (χ2v) is 6.10. The molecule has 1 N–H and O–H groups in total. The van der Waals surface area contributed by atoms with Crippen molar-refractivity contribution in [2.24, 2.45) is 0 Å². The van der Waals surface area contributed by atoms with Crippen LogP contribution in [0.25, 0.3) is 0 Å². The highest BCUT2D eigenvalue weighted by Crippen LogP contribution is 2.31. The Morgan fingerprint density at radius 2 is 1.68 bits per heavy atom. The van der Waals surface area contributed by atoms with Crippen molar-refractivity contribution in [3.05, 3.63) is 68.1 Å². The van der Waals surface area contributed by atoms with Gasteiger partial charge in [0.05, 0.1) is 6.04 Å². The topological polar surface area (TPSA) is 12.0 Å². The molecule has 3 heteroatoms. The van der Waals surface area contributed by atoms with Gasteiger partial charge >= 0.3 is 0 Å². The molecule has 0 fully saturated rings. The normalized spacial score (nSPS) is 12.5. The highest BCUT2D eigenvalue weighted by Gasteiger charge is 2.15. The number of benzene rings is 2. The van der Waals surface area contributed by atoms with Crippen LogP contribution in [0.15, 0.2) is 40.9 Å². The Bertz CT molecular complexity index is 575. The lowest BCUT2D eigenvalue weighted by Crippen LogP contribution is -2.18. The SMILES string of the molecule is CNC(c1cc(C)cc(C)c1)c1ccc(Cl)cc1Br. The molecule has 0 saturated carbocycles. The highest BCUT2D eigenvalue weighted by atomic mass is 79.9. The first-order valence-electron chi connectivity index (χ1n) is 6.21. The van der Waals surface area contributed by atoms with Gasteiger partial charge in [-0.15, -0.1) is 0 Å². The fourth-order valence-electron chi connectivity index (χ4n) is 2.41. The summed E-state index contributed by atoms with van der Waals surface area (Å²) in [5, 5.41) is 4.12. The average molecular weight is 339 g/mol. The molecular weight excluding hydrogens is 322 g/mol. The standard InChI is InChI=1S/C16H17BrClN/c1-10-6-11(2)8-12(7-10)16(19-3)14-5-4-13(18)9-15(14)17/h4-9,16,19H,1-3H3. The smallest absolute Gasteiger partial charge is 0.0585 e. The maximum atomic E-state index is 6.01. The van der Waals surface area contributed by atoms with Crippen LogP contribution in [0.2, 0.25) is 5.02 Å². The first-order chi connectivity index (χ1) is 9.01. The Morgan fingerprint density at radius 3 is 2.21 bits per heavy atom. The largest absolute Gasteiger partial charge is 0.309 e. The summed E-state index contributed by atoms with van der Waals surface area (Å²) in [6, 6.07) is 12.7. The Kier molecular flexibility index (Phi) is 4.67. The van der Waals surface area contributed by atoms with Crippen molar-refractivity contribution in [3.8, 4) is 0 Å². The summed E-state index contributed by atoms with van der Waals surface area (Å²) in [5.74, 6) is 0. The second-order valence-electron chi connectivity index (χ2n) is 4.81. The van der Waals surface area contributed by atoms with Gasteiger partial charge in [0, 0.05) is 9.50 Å². The van der Waals surface area contributed by atoms with E-state index in [0.29, 0.717) is 0 Å². The van der Waals surface area contributed by atoms with Crippen LogP contribution in [-0.4, -0.2) is 7.05 Å². The van der Waals surface area contributed by atoms with Crippen molar-refractivity contribution in [1.29, 1.82) is 0 Å². The zero-order chi connectivity index (χ0) is 14.0. The van der Waals surface area contributed by atoms with E-state index in [0.717, 1.165) is 9.50 Å². The zero-order valence-electron chi connectivity index (χ0n) is 11.3. The van der Waals surface area contributed by atoms with Crippen LogP contribution in [0.3, 0.4) is 0 Å². The van der Waals surface area contributed by atoms with E-state index in [1.807, 2.05) is 19.2 Å². The number of rotatable bonds is 3. The third-order valence-electron chi connectivity index (χ3n) is 3.14. The molecule has 1 atom stereocenters. The van der Waals surface area contributed by atoms with Gasteiger partial charge in [-0.05, 0) is 44.2 Å². The number of aryl methyl sites for hydroxylation is 2. The van der Waals surface area contributed by atoms with Gasteiger partial charge in [0.25, 0.3) is 0 Å². The van der Waals surface area contributed by atoms with Crippen molar-refractivity contribution in [1.82, 2.24) is 5.32 Å². The molecule has 0 aromatic heterocycles. The molecule has 0 aliphatic heterocycles. The van der Waals surface area contributed by atoms with E-state index in [1.165, 1.54) is 22.3 Å². The highest BCUT2D eigenvalue weighted by molar-refractivity contribution is 9.10. The molecule has 0 bridgehead atoms. The van der Waals surface area contributed by atoms with E-state index in [2.05, 4.69) is 59.4 Å². The molecule has 0 heterocycles. The molecule has 0 spiro atoms. The maximum Gasteiger partial charge on any atom is 0.0585 e. The monoisotopic (exact) mass is 337 g/mol. The summed E-state index contributed by atoms with van der Waals surface area (Å²) in [4.78, 5) is 0. The summed E-state index contributed by atoms with van der Waals surface area (Å²) in [5.41, 5.74) is 5.01. The number of hydrogen-bond acceptors (Lipinski definition) is 1. The van der Waals surface area contributed by atoms with Crippen LogP contribution < -0.4 is 5.32 Å². The summed E-state index contributed by atoms with van der Waals surface area (Å²) in [6.45, 7) is 4.25. The fourth-order valence-corrected chi connectivity index (χ4v) is 3.33. The summed E-state index contributed by atoms with van der Waals surface area (Å²) >= 11 is 9.61. The predicted octanol–water partition coefficient (Wildman–Crippen LogP) is 5.03. The van der Waals surface area contributed by atoms with E-state index in [9.17, 15) is 0 Å².